The van der Waals surface area contributed by atoms with Crippen molar-refractivity contribution in [2.75, 3.05) is 38.6 Å². The van der Waals surface area contributed by atoms with Crippen molar-refractivity contribution in [3.63, 3.8) is 0 Å². The van der Waals surface area contributed by atoms with Crippen molar-refractivity contribution in [2.24, 2.45) is 0 Å². The quantitative estimate of drug-likeness (QED) is 0.783. The lowest BCUT2D eigenvalue weighted by molar-refractivity contribution is -0.910. The van der Waals surface area contributed by atoms with E-state index in [0.29, 0.717) is 0 Å². The van der Waals surface area contributed by atoms with E-state index in [1.807, 2.05) is 24.3 Å². The normalized spacial score (nSPS) is 18.8. The Labute approximate surface area is 117 Å². The van der Waals surface area contributed by atoms with Gasteiger partial charge in [0.05, 0.1) is 13.2 Å². The average molecular weight is 289 g/mol. The van der Waals surface area contributed by atoms with Crippen LogP contribution in [0.25, 0.3) is 0 Å². The first kappa shape index (κ1) is 14.2. The number of aliphatic hydroxyl groups excluding tert-OH is 1. The van der Waals surface area contributed by atoms with E-state index in [1.54, 1.807) is 11.8 Å². The second-order valence-corrected chi connectivity index (χ2v) is 6.02. The first-order valence-electron chi connectivity index (χ1n) is 6.22. The third-order valence-electron chi connectivity index (χ3n) is 2.98. The van der Waals surface area contributed by atoms with Gasteiger partial charge in [-0.1, -0.05) is 11.6 Å². The summed E-state index contributed by atoms with van der Waals surface area (Å²) in [5.74, 6) is 0.728. The zero-order chi connectivity index (χ0) is 12.8. The van der Waals surface area contributed by atoms with E-state index in [2.05, 4.69) is 0 Å². The number of morpholine rings is 1. The molecule has 0 radical (unpaired) electrons. The zero-order valence-electron chi connectivity index (χ0n) is 10.3. The Morgan fingerprint density at radius 2 is 1.94 bits per heavy atom. The highest BCUT2D eigenvalue weighted by molar-refractivity contribution is 7.99. The topological polar surface area (TPSA) is 33.9 Å². The van der Waals surface area contributed by atoms with Crippen molar-refractivity contribution >= 4 is 23.4 Å². The lowest BCUT2D eigenvalue weighted by Crippen LogP contribution is -3.15. The summed E-state index contributed by atoms with van der Waals surface area (Å²) in [6, 6.07) is 7.73. The number of hydrogen-bond acceptors (Lipinski definition) is 3. The molecule has 1 saturated heterocycles. The molecule has 0 amide bonds. The third-order valence-corrected chi connectivity index (χ3v) is 4.39. The van der Waals surface area contributed by atoms with E-state index >= 15 is 0 Å². The van der Waals surface area contributed by atoms with Gasteiger partial charge in [0.1, 0.15) is 25.7 Å². The van der Waals surface area contributed by atoms with Gasteiger partial charge in [-0.25, -0.2) is 0 Å². The summed E-state index contributed by atoms with van der Waals surface area (Å²) < 4.78 is 5.30. The molecule has 1 aromatic rings. The molecule has 0 unspecified atom stereocenters. The Balaban J connectivity index is 1.70. The predicted molar refractivity (Wildman–Crippen MR) is 74.6 cm³/mol. The largest absolute Gasteiger partial charge is 0.386 e. The fraction of sp³-hybridized carbons (Fsp3) is 0.538. The molecule has 1 aliphatic heterocycles. The van der Waals surface area contributed by atoms with Crippen molar-refractivity contribution in [3.05, 3.63) is 29.3 Å². The molecule has 0 saturated carbocycles. The number of rotatable bonds is 5. The molecule has 2 N–H and O–H groups in total. The summed E-state index contributed by atoms with van der Waals surface area (Å²) >= 11 is 7.50. The molecule has 1 aliphatic rings. The van der Waals surface area contributed by atoms with Gasteiger partial charge in [-0.3, -0.25) is 0 Å². The van der Waals surface area contributed by atoms with Gasteiger partial charge in [-0.15, -0.1) is 11.8 Å². The number of hydrogen-bond donors (Lipinski definition) is 2. The van der Waals surface area contributed by atoms with Crippen LogP contribution in [0, 0.1) is 0 Å². The van der Waals surface area contributed by atoms with Gasteiger partial charge in [0.25, 0.3) is 0 Å². The van der Waals surface area contributed by atoms with Crippen LogP contribution >= 0.6 is 23.4 Å². The van der Waals surface area contributed by atoms with Gasteiger partial charge in [0.15, 0.2) is 0 Å². The van der Waals surface area contributed by atoms with E-state index in [4.69, 9.17) is 16.3 Å². The maximum atomic E-state index is 10.0. The summed E-state index contributed by atoms with van der Waals surface area (Å²) in [5, 5.41) is 10.8. The standard InChI is InChI=1S/C13H18ClNO2S/c14-11-1-3-13(4-2-11)18-10-12(16)9-15-5-7-17-8-6-15/h1-4,12,16H,5-10H2/p+1/t12-/m1/s1. The summed E-state index contributed by atoms with van der Waals surface area (Å²) in [6.07, 6.45) is -0.265. The van der Waals surface area contributed by atoms with Gasteiger partial charge in [0.2, 0.25) is 0 Å². The van der Waals surface area contributed by atoms with Gasteiger partial charge in [-0.05, 0) is 24.3 Å². The van der Waals surface area contributed by atoms with E-state index in [9.17, 15) is 5.11 Å². The van der Waals surface area contributed by atoms with E-state index in [-0.39, 0.29) is 6.10 Å². The lowest BCUT2D eigenvalue weighted by atomic mass is 10.3. The van der Waals surface area contributed by atoms with Crippen LogP contribution in [0.3, 0.4) is 0 Å². The number of quaternary nitrogens is 1. The van der Waals surface area contributed by atoms with Gasteiger partial charge in [-0.2, -0.15) is 0 Å². The van der Waals surface area contributed by atoms with E-state index < -0.39 is 0 Å². The number of benzene rings is 1. The highest BCUT2D eigenvalue weighted by Gasteiger charge is 2.18. The van der Waals surface area contributed by atoms with Gasteiger partial charge < -0.3 is 14.7 Å². The molecular formula is C13H19ClNO2S+. The zero-order valence-corrected chi connectivity index (χ0v) is 11.8. The van der Waals surface area contributed by atoms with Crippen molar-refractivity contribution in [1.29, 1.82) is 0 Å². The van der Waals surface area contributed by atoms with Crippen molar-refractivity contribution in [2.45, 2.75) is 11.0 Å². The van der Waals surface area contributed by atoms with Crippen molar-refractivity contribution in [1.82, 2.24) is 0 Å². The molecule has 3 nitrogen and oxygen atoms in total. The minimum Gasteiger partial charge on any atom is -0.386 e. The molecule has 1 atom stereocenters. The Morgan fingerprint density at radius 1 is 1.28 bits per heavy atom. The number of nitrogens with one attached hydrogen (secondary N) is 1. The maximum Gasteiger partial charge on any atom is 0.112 e. The molecule has 0 aromatic heterocycles. The molecule has 0 spiro atoms. The summed E-state index contributed by atoms with van der Waals surface area (Å²) in [5.41, 5.74) is 0. The monoisotopic (exact) mass is 288 g/mol. The molecular weight excluding hydrogens is 270 g/mol. The fourth-order valence-electron chi connectivity index (χ4n) is 1.98. The van der Waals surface area contributed by atoms with Gasteiger partial charge >= 0.3 is 0 Å². The van der Waals surface area contributed by atoms with Crippen LogP contribution in [0.4, 0.5) is 0 Å². The van der Waals surface area contributed by atoms with Crippen molar-refractivity contribution in [3.8, 4) is 0 Å². The van der Waals surface area contributed by atoms with Crippen LogP contribution in [0.1, 0.15) is 0 Å². The fourth-order valence-corrected chi connectivity index (χ4v) is 2.94. The molecule has 2 rings (SSSR count). The molecule has 0 aliphatic carbocycles. The number of thioether (sulfide) groups is 1. The minimum atomic E-state index is -0.265. The molecule has 1 fully saturated rings. The Bertz CT molecular complexity index is 355. The average Bonchev–Trinajstić information content (AvgIpc) is 2.39. The van der Waals surface area contributed by atoms with Crippen LogP contribution in [0.5, 0.6) is 0 Å². The van der Waals surface area contributed by atoms with E-state index in [0.717, 1.165) is 48.5 Å². The first-order chi connectivity index (χ1) is 8.74. The van der Waals surface area contributed by atoms with Crippen LogP contribution < -0.4 is 4.90 Å². The van der Waals surface area contributed by atoms with Crippen LogP contribution in [-0.4, -0.2) is 49.8 Å². The third kappa shape index (κ3) is 4.78. The second kappa shape index (κ2) is 7.36. The SMILES string of the molecule is O[C@@H](CSc1ccc(Cl)cc1)C[NH+]1CCOCC1. The number of ether oxygens (including phenoxy) is 1. The molecule has 5 heteroatoms. The summed E-state index contributed by atoms with van der Waals surface area (Å²) in [7, 11) is 0. The Hall–Kier alpha value is -0.260. The molecule has 1 heterocycles. The Morgan fingerprint density at radius 3 is 2.61 bits per heavy atom. The van der Waals surface area contributed by atoms with Crippen LogP contribution in [-0.2, 0) is 4.74 Å². The predicted octanol–water partition coefficient (Wildman–Crippen LogP) is 0.708. The molecule has 18 heavy (non-hydrogen) atoms. The highest BCUT2D eigenvalue weighted by Crippen LogP contribution is 2.20. The van der Waals surface area contributed by atoms with E-state index in [1.165, 1.54) is 4.90 Å². The molecule has 0 bridgehead atoms. The number of aliphatic hydroxyl groups is 1. The van der Waals surface area contributed by atoms with Crippen LogP contribution in [0.2, 0.25) is 5.02 Å². The molecule has 1 aromatic carbocycles. The summed E-state index contributed by atoms with van der Waals surface area (Å²) in [4.78, 5) is 2.58. The van der Waals surface area contributed by atoms with Crippen LogP contribution in [0.15, 0.2) is 29.2 Å². The smallest absolute Gasteiger partial charge is 0.112 e. The highest BCUT2D eigenvalue weighted by atomic mass is 35.5. The first-order valence-corrected chi connectivity index (χ1v) is 7.58. The van der Waals surface area contributed by atoms with Crippen molar-refractivity contribution < 1.29 is 14.7 Å². The summed E-state index contributed by atoms with van der Waals surface area (Å²) in [6.45, 7) is 4.44. The molecule has 100 valence electrons. The Kier molecular flexibility index (Phi) is 5.79. The number of halogens is 1. The maximum absolute atomic E-state index is 10.0. The lowest BCUT2D eigenvalue weighted by Gasteiger charge is -2.25. The van der Waals surface area contributed by atoms with Gasteiger partial charge in [0, 0.05) is 15.7 Å². The minimum absolute atomic E-state index is 0.265. The second-order valence-electron chi connectivity index (χ2n) is 4.49.